The molecule has 0 bridgehead atoms. The van der Waals surface area contributed by atoms with E-state index in [0.29, 0.717) is 19.4 Å². The van der Waals surface area contributed by atoms with E-state index in [1.54, 1.807) is 4.90 Å². The number of benzene rings is 1. The van der Waals surface area contributed by atoms with Crippen LogP contribution in [0.1, 0.15) is 44.2 Å². The Balaban J connectivity index is 2.14. The molecule has 1 heterocycles. The fourth-order valence-electron chi connectivity index (χ4n) is 3.40. The third-order valence-electron chi connectivity index (χ3n) is 4.94. The molecule has 138 valence electrons. The van der Waals surface area contributed by atoms with Crippen LogP contribution in [0, 0.1) is 5.92 Å². The zero-order chi connectivity index (χ0) is 18.4. The number of fused-ring (bicyclic) bond motifs is 1. The smallest absolute Gasteiger partial charge is 0.240 e. The molecule has 1 aromatic rings. The monoisotopic (exact) mass is 345 g/mol. The highest BCUT2D eigenvalue weighted by Crippen LogP contribution is 2.26. The van der Waals surface area contributed by atoms with E-state index in [2.05, 4.69) is 11.4 Å². The Kier molecular flexibility index (Phi) is 7.14. The van der Waals surface area contributed by atoms with E-state index in [-0.39, 0.29) is 17.6 Å². The fourth-order valence-corrected chi connectivity index (χ4v) is 3.40. The van der Waals surface area contributed by atoms with Crippen molar-refractivity contribution in [1.29, 1.82) is 0 Å². The van der Waals surface area contributed by atoms with Crippen molar-refractivity contribution in [2.75, 3.05) is 13.6 Å². The van der Waals surface area contributed by atoms with Gasteiger partial charge in [0.1, 0.15) is 0 Å². The summed E-state index contributed by atoms with van der Waals surface area (Å²) in [6.07, 6.45) is 3.14. The first-order valence-electron chi connectivity index (χ1n) is 9.26. The number of hydrogen-bond donors (Lipinski definition) is 2. The lowest BCUT2D eigenvalue weighted by molar-refractivity contribution is -0.143. The van der Waals surface area contributed by atoms with Gasteiger partial charge < -0.3 is 16.0 Å². The molecule has 2 atom stereocenters. The van der Waals surface area contributed by atoms with Gasteiger partial charge in [-0.15, -0.1) is 0 Å². The number of nitrogens with one attached hydrogen (secondary N) is 1. The Morgan fingerprint density at radius 2 is 1.92 bits per heavy atom. The highest BCUT2D eigenvalue weighted by Gasteiger charge is 2.36. The van der Waals surface area contributed by atoms with Gasteiger partial charge >= 0.3 is 0 Å². The summed E-state index contributed by atoms with van der Waals surface area (Å²) in [5.41, 5.74) is 8.44. The summed E-state index contributed by atoms with van der Waals surface area (Å²) < 4.78 is 0. The summed E-state index contributed by atoms with van der Waals surface area (Å²) in [5.74, 6) is -0.0828. The Hall–Kier alpha value is -1.72. The lowest BCUT2D eigenvalue weighted by Crippen LogP contribution is -2.54. The van der Waals surface area contributed by atoms with Crippen LogP contribution in [0.25, 0.3) is 0 Å². The standard InChI is InChI=1S/C20H31N3O2/c1-14(2)19(24)18-12-15-8-4-5-9-16(15)13-23(18)20(25)17(21)10-6-7-11-22-3/h4-5,8-9,14,17-18,22H,6-7,10-13,21H2,1-3H3/t17-,18-/m1/s1. The number of nitrogens with two attached hydrogens (primary N) is 1. The molecule has 0 spiro atoms. The maximum absolute atomic E-state index is 12.9. The van der Waals surface area contributed by atoms with Crippen LogP contribution >= 0.6 is 0 Å². The normalized spacial score (nSPS) is 18.1. The van der Waals surface area contributed by atoms with Crippen LogP contribution in [0.3, 0.4) is 0 Å². The Morgan fingerprint density at radius 1 is 1.24 bits per heavy atom. The van der Waals surface area contributed by atoms with E-state index < -0.39 is 12.1 Å². The number of unbranched alkanes of at least 4 members (excludes halogenated alkanes) is 1. The number of carbonyl (C=O) groups excluding carboxylic acids is 2. The number of hydrogen-bond acceptors (Lipinski definition) is 4. The van der Waals surface area contributed by atoms with Gasteiger partial charge in [-0.2, -0.15) is 0 Å². The summed E-state index contributed by atoms with van der Waals surface area (Å²) in [4.78, 5) is 27.4. The van der Waals surface area contributed by atoms with E-state index in [4.69, 9.17) is 5.73 Å². The molecular weight excluding hydrogens is 314 g/mol. The zero-order valence-electron chi connectivity index (χ0n) is 15.6. The van der Waals surface area contributed by atoms with Gasteiger partial charge in [0.15, 0.2) is 5.78 Å². The maximum atomic E-state index is 12.9. The van der Waals surface area contributed by atoms with Gasteiger partial charge in [0.25, 0.3) is 0 Å². The number of nitrogens with zero attached hydrogens (tertiary/aromatic N) is 1. The average Bonchev–Trinajstić information content (AvgIpc) is 2.62. The predicted octanol–water partition coefficient (Wildman–Crippen LogP) is 1.88. The SMILES string of the molecule is CNCCCC[C@@H](N)C(=O)N1Cc2ccccc2C[C@@H]1C(=O)C(C)C. The summed E-state index contributed by atoms with van der Waals surface area (Å²) in [6.45, 7) is 5.18. The number of rotatable bonds is 8. The third-order valence-corrected chi connectivity index (χ3v) is 4.94. The van der Waals surface area contributed by atoms with Crippen LogP contribution in [0.4, 0.5) is 0 Å². The van der Waals surface area contributed by atoms with Gasteiger partial charge in [0.2, 0.25) is 5.91 Å². The molecule has 1 aliphatic heterocycles. The van der Waals surface area contributed by atoms with Gasteiger partial charge in [-0.1, -0.05) is 44.5 Å². The molecule has 0 aliphatic carbocycles. The largest absolute Gasteiger partial charge is 0.327 e. The third kappa shape index (κ3) is 4.89. The molecule has 0 fully saturated rings. The van der Waals surface area contributed by atoms with Crippen LogP contribution < -0.4 is 11.1 Å². The quantitative estimate of drug-likeness (QED) is 0.706. The Bertz CT molecular complexity index is 600. The highest BCUT2D eigenvalue weighted by molar-refractivity contribution is 5.92. The van der Waals surface area contributed by atoms with Crippen molar-refractivity contribution in [3.63, 3.8) is 0 Å². The van der Waals surface area contributed by atoms with Crippen molar-refractivity contribution in [3.8, 4) is 0 Å². The number of ketones is 1. The van der Waals surface area contributed by atoms with E-state index in [1.165, 1.54) is 0 Å². The van der Waals surface area contributed by atoms with E-state index >= 15 is 0 Å². The molecule has 0 radical (unpaired) electrons. The minimum absolute atomic E-state index is 0.0991. The van der Waals surface area contributed by atoms with Gasteiger partial charge in [0, 0.05) is 18.9 Å². The minimum atomic E-state index is -0.537. The van der Waals surface area contributed by atoms with E-state index in [0.717, 1.165) is 30.5 Å². The van der Waals surface area contributed by atoms with Gasteiger partial charge in [-0.3, -0.25) is 9.59 Å². The molecule has 0 aromatic heterocycles. The molecule has 1 amide bonds. The lowest BCUT2D eigenvalue weighted by Gasteiger charge is -2.38. The van der Waals surface area contributed by atoms with Gasteiger partial charge in [-0.05, 0) is 37.6 Å². The predicted molar refractivity (Wildman–Crippen MR) is 100 cm³/mol. The van der Waals surface area contributed by atoms with Gasteiger partial charge in [0.05, 0.1) is 12.1 Å². The molecule has 5 nitrogen and oxygen atoms in total. The van der Waals surface area contributed by atoms with Crippen molar-refractivity contribution >= 4 is 11.7 Å². The average molecular weight is 345 g/mol. The molecular formula is C20H31N3O2. The highest BCUT2D eigenvalue weighted by atomic mass is 16.2. The molecule has 0 saturated heterocycles. The van der Waals surface area contributed by atoms with Gasteiger partial charge in [-0.25, -0.2) is 0 Å². The second-order valence-electron chi connectivity index (χ2n) is 7.22. The van der Waals surface area contributed by atoms with Crippen LogP contribution in [-0.4, -0.2) is 42.3 Å². The maximum Gasteiger partial charge on any atom is 0.240 e. The summed E-state index contributed by atoms with van der Waals surface area (Å²) in [5, 5.41) is 3.10. The molecule has 25 heavy (non-hydrogen) atoms. The molecule has 0 unspecified atom stereocenters. The van der Waals surface area contributed by atoms with Crippen molar-refractivity contribution in [2.45, 2.75) is 58.2 Å². The fraction of sp³-hybridized carbons (Fsp3) is 0.600. The number of Topliss-reactive ketones (excluding diaryl/α,β-unsaturated/α-hetero) is 1. The first-order valence-corrected chi connectivity index (χ1v) is 9.26. The first kappa shape index (κ1) is 19.6. The lowest BCUT2D eigenvalue weighted by atomic mass is 9.87. The van der Waals surface area contributed by atoms with E-state index in [1.807, 2.05) is 39.1 Å². The number of amides is 1. The molecule has 2 rings (SSSR count). The molecule has 1 aliphatic rings. The van der Waals surface area contributed by atoms with Crippen LogP contribution in [0.5, 0.6) is 0 Å². The second kappa shape index (κ2) is 9.11. The molecule has 3 N–H and O–H groups in total. The second-order valence-corrected chi connectivity index (χ2v) is 7.22. The van der Waals surface area contributed by atoms with Crippen molar-refractivity contribution in [1.82, 2.24) is 10.2 Å². The topological polar surface area (TPSA) is 75.4 Å². The summed E-state index contributed by atoms with van der Waals surface area (Å²) in [7, 11) is 1.92. The summed E-state index contributed by atoms with van der Waals surface area (Å²) >= 11 is 0. The van der Waals surface area contributed by atoms with Crippen molar-refractivity contribution in [2.24, 2.45) is 11.7 Å². The zero-order valence-corrected chi connectivity index (χ0v) is 15.6. The summed E-state index contributed by atoms with van der Waals surface area (Å²) in [6, 6.07) is 7.11. The van der Waals surface area contributed by atoms with Crippen LogP contribution in [-0.2, 0) is 22.6 Å². The molecule has 5 heteroatoms. The minimum Gasteiger partial charge on any atom is -0.327 e. The Labute approximate surface area is 151 Å². The van der Waals surface area contributed by atoms with Crippen molar-refractivity contribution < 1.29 is 9.59 Å². The van der Waals surface area contributed by atoms with Crippen LogP contribution in [0.15, 0.2) is 24.3 Å². The Morgan fingerprint density at radius 3 is 2.56 bits per heavy atom. The van der Waals surface area contributed by atoms with E-state index in [9.17, 15) is 9.59 Å². The van der Waals surface area contributed by atoms with Crippen molar-refractivity contribution in [3.05, 3.63) is 35.4 Å². The molecule has 1 aromatic carbocycles. The van der Waals surface area contributed by atoms with Crippen LogP contribution in [0.2, 0.25) is 0 Å². The molecule has 0 saturated carbocycles. The first-order chi connectivity index (χ1) is 12.0. The number of carbonyl (C=O) groups is 2.